The van der Waals surface area contributed by atoms with E-state index in [2.05, 4.69) is 40.7 Å². The van der Waals surface area contributed by atoms with Crippen LogP contribution in [-0.2, 0) is 6.54 Å². The third-order valence-corrected chi connectivity index (χ3v) is 3.26. The van der Waals surface area contributed by atoms with Crippen molar-refractivity contribution < 1.29 is 4.52 Å². The lowest BCUT2D eigenvalue weighted by molar-refractivity contribution is 0.0577. The van der Waals surface area contributed by atoms with Crippen LogP contribution in [0.4, 0.5) is 0 Å². The van der Waals surface area contributed by atoms with Crippen LogP contribution in [0.1, 0.15) is 32.5 Å². The van der Waals surface area contributed by atoms with Gasteiger partial charge in [0.2, 0.25) is 5.89 Å². The van der Waals surface area contributed by atoms with E-state index in [1.165, 1.54) is 0 Å². The van der Waals surface area contributed by atoms with E-state index >= 15 is 0 Å². The number of rotatable bonds is 2. The zero-order valence-electron chi connectivity index (χ0n) is 11.2. The Bertz CT molecular complexity index is 361. The molecule has 1 aliphatic heterocycles. The van der Waals surface area contributed by atoms with Gasteiger partial charge in [-0.05, 0) is 20.8 Å². The predicted octanol–water partition coefficient (Wildman–Crippen LogP) is 1.29. The van der Waals surface area contributed by atoms with E-state index in [4.69, 9.17) is 4.52 Å². The summed E-state index contributed by atoms with van der Waals surface area (Å²) in [4.78, 5) is 9.14. The summed E-state index contributed by atoms with van der Waals surface area (Å²) in [6.45, 7) is 13.8. The van der Waals surface area contributed by atoms with E-state index in [0.29, 0.717) is 5.89 Å². The molecule has 0 bridgehead atoms. The first-order valence-corrected chi connectivity index (χ1v) is 6.22. The van der Waals surface area contributed by atoms with Crippen LogP contribution in [0.2, 0.25) is 0 Å². The molecular weight excluding hydrogens is 216 g/mol. The van der Waals surface area contributed by atoms with Crippen molar-refractivity contribution in [3.8, 4) is 0 Å². The van der Waals surface area contributed by atoms with Crippen molar-refractivity contribution in [2.24, 2.45) is 0 Å². The molecule has 2 rings (SSSR count). The molecule has 17 heavy (non-hydrogen) atoms. The maximum Gasteiger partial charge on any atom is 0.223 e. The van der Waals surface area contributed by atoms with Crippen LogP contribution in [0.25, 0.3) is 0 Å². The zero-order chi connectivity index (χ0) is 12.5. The molecule has 0 aromatic carbocycles. The number of aromatic nitrogens is 2. The lowest BCUT2D eigenvalue weighted by Crippen LogP contribution is -2.53. The summed E-state index contributed by atoms with van der Waals surface area (Å²) in [5.41, 5.74) is 0.273. The quantitative estimate of drug-likeness (QED) is 0.777. The van der Waals surface area contributed by atoms with Gasteiger partial charge < -0.3 is 4.52 Å². The van der Waals surface area contributed by atoms with Gasteiger partial charge >= 0.3 is 0 Å². The Labute approximate surface area is 103 Å². The molecular formula is C12H22N4O. The van der Waals surface area contributed by atoms with Gasteiger partial charge in [0.25, 0.3) is 0 Å². The number of nitrogens with zero attached hydrogens (tertiary/aromatic N) is 4. The molecule has 0 N–H and O–H groups in total. The maximum atomic E-state index is 4.98. The highest BCUT2D eigenvalue weighted by Crippen LogP contribution is 2.16. The van der Waals surface area contributed by atoms with Gasteiger partial charge in [-0.2, -0.15) is 4.98 Å². The van der Waals surface area contributed by atoms with Crippen LogP contribution in [0, 0.1) is 6.92 Å². The van der Waals surface area contributed by atoms with Crippen molar-refractivity contribution in [3.05, 3.63) is 11.7 Å². The molecule has 2 heterocycles. The summed E-state index contributed by atoms with van der Waals surface area (Å²) in [7, 11) is 0. The highest BCUT2D eigenvalue weighted by atomic mass is 16.5. The molecule has 1 aliphatic rings. The summed E-state index contributed by atoms with van der Waals surface area (Å²) in [6, 6.07) is 0. The Hall–Kier alpha value is -0.940. The average molecular weight is 238 g/mol. The average Bonchev–Trinajstić information content (AvgIpc) is 2.63. The van der Waals surface area contributed by atoms with Crippen molar-refractivity contribution in [1.82, 2.24) is 19.9 Å². The standard InChI is InChI=1S/C12H22N4O/c1-10-13-11(14-17-10)9-15-5-7-16(8-6-15)12(2,3)4/h5-9H2,1-4H3. The minimum absolute atomic E-state index is 0.273. The molecule has 0 aliphatic carbocycles. The zero-order valence-corrected chi connectivity index (χ0v) is 11.2. The largest absolute Gasteiger partial charge is 0.340 e. The van der Waals surface area contributed by atoms with E-state index in [-0.39, 0.29) is 5.54 Å². The molecule has 0 radical (unpaired) electrons. The van der Waals surface area contributed by atoms with Crippen LogP contribution in [0.3, 0.4) is 0 Å². The molecule has 0 amide bonds. The van der Waals surface area contributed by atoms with Crippen molar-refractivity contribution in [3.63, 3.8) is 0 Å². The molecule has 96 valence electrons. The van der Waals surface area contributed by atoms with Gasteiger partial charge in [-0.3, -0.25) is 9.80 Å². The fraction of sp³-hybridized carbons (Fsp3) is 0.833. The number of hydrogen-bond donors (Lipinski definition) is 0. The molecule has 0 atom stereocenters. The normalized spacial score (nSPS) is 19.8. The van der Waals surface area contributed by atoms with Gasteiger partial charge in [0.1, 0.15) is 0 Å². The first kappa shape index (κ1) is 12.5. The van der Waals surface area contributed by atoms with Crippen LogP contribution in [0.5, 0.6) is 0 Å². The van der Waals surface area contributed by atoms with Crippen molar-refractivity contribution >= 4 is 0 Å². The van der Waals surface area contributed by atoms with Gasteiger partial charge in [-0.1, -0.05) is 5.16 Å². The molecule has 5 heteroatoms. The molecule has 0 unspecified atom stereocenters. The first-order valence-electron chi connectivity index (χ1n) is 6.22. The number of aryl methyl sites for hydroxylation is 1. The smallest absolute Gasteiger partial charge is 0.223 e. The highest BCUT2D eigenvalue weighted by Gasteiger charge is 2.26. The van der Waals surface area contributed by atoms with Crippen LogP contribution >= 0.6 is 0 Å². The molecule has 0 spiro atoms. The van der Waals surface area contributed by atoms with Crippen LogP contribution < -0.4 is 0 Å². The van der Waals surface area contributed by atoms with Crippen molar-refractivity contribution in [1.29, 1.82) is 0 Å². The van der Waals surface area contributed by atoms with E-state index in [9.17, 15) is 0 Å². The number of hydrogen-bond acceptors (Lipinski definition) is 5. The Morgan fingerprint density at radius 3 is 2.29 bits per heavy atom. The molecule has 5 nitrogen and oxygen atoms in total. The third kappa shape index (κ3) is 3.26. The van der Waals surface area contributed by atoms with Gasteiger partial charge in [0, 0.05) is 38.6 Å². The number of piperazine rings is 1. The first-order chi connectivity index (χ1) is 7.95. The lowest BCUT2D eigenvalue weighted by Gasteiger charge is -2.41. The molecule has 1 aromatic rings. The van der Waals surface area contributed by atoms with Crippen LogP contribution in [-0.4, -0.2) is 51.7 Å². The Morgan fingerprint density at radius 2 is 1.82 bits per heavy atom. The van der Waals surface area contributed by atoms with Gasteiger partial charge in [-0.25, -0.2) is 0 Å². The molecule has 1 fully saturated rings. The minimum Gasteiger partial charge on any atom is -0.340 e. The van der Waals surface area contributed by atoms with Crippen molar-refractivity contribution in [2.45, 2.75) is 39.8 Å². The SMILES string of the molecule is Cc1nc(CN2CCN(C(C)(C)C)CC2)no1. The second kappa shape index (κ2) is 4.74. The Kier molecular flexibility index (Phi) is 3.49. The second-order valence-corrected chi connectivity index (χ2v) is 5.66. The van der Waals surface area contributed by atoms with Crippen LogP contribution in [0.15, 0.2) is 4.52 Å². The van der Waals surface area contributed by atoms with Gasteiger partial charge in [-0.15, -0.1) is 0 Å². The molecule has 1 saturated heterocycles. The van der Waals surface area contributed by atoms with Gasteiger partial charge in [0.05, 0.1) is 6.54 Å². The van der Waals surface area contributed by atoms with E-state index in [0.717, 1.165) is 38.5 Å². The highest BCUT2D eigenvalue weighted by molar-refractivity contribution is 4.87. The lowest BCUT2D eigenvalue weighted by atomic mass is 10.1. The fourth-order valence-corrected chi connectivity index (χ4v) is 2.18. The summed E-state index contributed by atoms with van der Waals surface area (Å²) in [5, 5.41) is 3.94. The summed E-state index contributed by atoms with van der Waals surface area (Å²) < 4.78 is 4.98. The Balaban J connectivity index is 1.83. The summed E-state index contributed by atoms with van der Waals surface area (Å²) in [5.74, 6) is 1.44. The third-order valence-electron chi connectivity index (χ3n) is 3.26. The van der Waals surface area contributed by atoms with Crippen molar-refractivity contribution in [2.75, 3.05) is 26.2 Å². The molecule has 1 aromatic heterocycles. The summed E-state index contributed by atoms with van der Waals surface area (Å²) >= 11 is 0. The van der Waals surface area contributed by atoms with E-state index in [1.807, 2.05) is 6.92 Å². The second-order valence-electron chi connectivity index (χ2n) is 5.66. The Morgan fingerprint density at radius 1 is 1.18 bits per heavy atom. The fourth-order valence-electron chi connectivity index (χ4n) is 2.18. The van der Waals surface area contributed by atoms with Gasteiger partial charge in [0.15, 0.2) is 5.82 Å². The topological polar surface area (TPSA) is 45.4 Å². The molecule has 0 saturated carbocycles. The summed E-state index contributed by atoms with van der Waals surface area (Å²) in [6.07, 6.45) is 0. The maximum absolute atomic E-state index is 4.98. The predicted molar refractivity (Wildman–Crippen MR) is 65.6 cm³/mol. The monoisotopic (exact) mass is 238 g/mol. The minimum atomic E-state index is 0.273. The van der Waals surface area contributed by atoms with E-state index in [1.54, 1.807) is 0 Å². The van der Waals surface area contributed by atoms with E-state index < -0.39 is 0 Å².